The number of hydrogen-bond donors (Lipinski definition) is 3. The molecule has 4 rings (SSSR count). The number of aliphatic hydroxyl groups excluding tert-OH is 2. The minimum atomic E-state index is -4.38. The van der Waals surface area contributed by atoms with Crippen LogP contribution in [0.1, 0.15) is 39.0 Å². The van der Waals surface area contributed by atoms with E-state index >= 15 is 0 Å². The fourth-order valence-corrected chi connectivity index (χ4v) is 4.05. The predicted molar refractivity (Wildman–Crippen MR) is 116 cm³/mol. The molecule has 0 radical (unpaired) electrons. The molecule has 4 N–H and O–H groups in total. The lowest BCUT2D eigenvalue weighted by Gasteiger charge is -2.32. The summed E-state index contributed by atoms with van der Waals surface area (Å²) in [5.74, 6) is -0.745. The third-order valence-electron chi connectivity index (χ3n) is 5.75. The first kappa shape index (κ1) is 22.8. The van der Waals surface area contributed by atoms with Crippen LogP contribution in [0.15, 0.2) is 54.6 Å². The van der Waals surface area contributed by atoms with Crippen molar-refractivity contribution in [1.29, 1.82) is 0 Å². The normalized spacial score (nSPS) is 14.6. The quantitative estimate of drug-likeness (QED) is 0.545. The zero-order valence-corrected chi connectivity index (χ0v) is 17.5. The van der Waals surface area contributed by atoms with Gasteiger partial charge in [-0.1, -0.05) is 30.3 Å². The SMILES string of the molecule is NC(=O)c1cc(N2CCc3c(cccc3-c3ccc(C(F)(F)F)cc3)C2)cc([C@H](O)CO)n1. The summed E-state index contributed by atoms with van der Waals surface area (Å²) in [6.45, 7) is 0.510. The van der Waals surface area contributed by atoms with Crippen molar-refractivity contribution in [3.63, 3.8) is 0 Å². The molecule has 2 aromatic carbocycles. The number of aromatic nitrogens is 1. The number of rotatable bonds is 5. The zero-order valence-electron chi connectivity index (χ0n) is 17.5. The molecule has 0 spiro atoms. The number of anilines is 1. The number of carbonyl (C=O) groups excluding carboxylic acids is 1. The van der Waals surface area contributed by atoms with E-state index in [0.717, 1.165) is 28.8 Å². The van der Waals surface area contributed by atoms with Crippen molar-refractivity contribution in [3.05, 3.63) is 82.7 Å². The molecule has 3 aromatic rings. The number of halogens is 3. The second kappa shape index (κ2) is 8.84. The smallest absolute Gasteiger partial charge is 0.393 e. The largest absolute Gasteiger partial charge is 0.416 e. The van der Waals surface area contributed by atoms with Gasteiger partial charge < -0.3 is 20.8 Å². The van der Waals surface area contributed by atoms with Gasteiger partial charge in [0.1, 0.15) is 11.8 Å². The summed E-state index contributed by atoms with van der Waals surface area (Å²) in [6, 6.07) is 14.0. The highest BCUT2D eigenvalue weighted by molar-refractivity contribution is 5.91. The minimum absolute atomic E-state index is 0.0145. The molecule has 33 heavy (non-hydrogen) atoms. The standard InChI is InChI=1S/C24H22F3N3O3/c25-24(26,27)16-6-4-14(5-7-16)18-3-1-2-15-12-30(9-8-19(15)18)17-10-20(22(32)13-31)29-21(11-17)23(28)33/h1-7,10-11,22,31-32H,8-9,12-13H2,(H2,28,33)/t22-/m1/s1. The van der Waals surface area contributed by atoms with Crippen molar-refractivity contribution in [2.45, 2.75) is 25.2 Å². The lowest BCUT2D eigenvalue weighted by atomic mass is 9.90. The number of hydrogen-bond acceptors (Lipinski definition) is 5. The van der Waals surface area contributed by atoms with Crippen LogP contribution in [0, 0.1) is 0 Å². The Morgan fingerprint density at radius 3 is 2.52 bits per heavy atom. The Morgan fingerprint density at radius 2 is 1.88 bits per heavy atom. The van der Waals surface area contributed by atoms with Gasteiger partial charge in [0.2, 0.25) is 0 Å². The summed E-state index contributed by atoms with van der Waals surface area (Å²) >= 11 is 0. The van der Waals surface area contributed by atoms with Crippen LogP contribution >= 0.6 is 0 Å². The fourth-order valence-electron chi connectivity index (χ4n) is 4.05. The Morgan fingerprint density at radius 1 is 1.15 bits per heavy atom. The average molecular weight is 457 g/mol. The van der Waals surface area contributed by atoms with Gasteiger partial charge in [0.15, 0.2) is 0 Å². The molecule has 1 aromatic heterocycles. The van der Waals surface area contributed by atoms with Gasteiger partial charge in [-0.05, 0) is 52.9 Å². The molecule has 172 valence electrons. The number of fused-ring (bicyclic) bond motifs is 1. The van der Waals surface area contributed by atoms with Crippen LogP contribution in [0.3, 0.4) is 0 Å². The molecular formula is C24H22F3N3O3. The van der Waals surface area contributed by atoms with Crippen molar-refractivity contribution in [2.75, 3.05) is 18.1 Å². The van der Waals surface area contributed by atoms with E-state index in [1.807, 2.05) is 23.1 Å². The third-order valence-corrected chi connectivity index (χ3v) is 5.75. The van der Waals surface area contributed by atoms with Crippen LogP contribution in [0.2, 0.25) is 0 Å². The number of amides is 1. The highest BCUT2D eigenvalue weighted by Crippen LogP contribution is 2.35. The van der Waals surface area contributed by atoms with Gasteiger partial charge in [-0.3, -0.25) is 4.79 Å². The maximum Gasteiger partial charge on any atom is 0.416 e. The van der Waals surface area contributed by atoms with Crippen molar-refractivity contribution in [2.24, 2.45) is 5.73 Å². The van der Waals surface area contributed by atoms with Crippen LogP contribution in [-0.4, -0.2) is 34.3 Å². The van der Waals surface area contributed by atoms with E-state index in [9.17, 15) is 28.2 Å². The Kier molecular flexibility index (Phi) is 6.09. The summed E-state index contributed by atoms with van der Waals surface area (Å²) in [7, 11) is 0. The van der Waals surface area contributed by atoms with Crippen LogP contribution < -0.4 is 10.6 Å². The molecule has 0 saturated heterocycles. The van der Waals surface area contributed by atoms with Gasteiger partial charge in [0.05, 0.1) is 17.9 Å². The summed E-state index contributed by atoms with van der Waals surface area (Å²) < 4.78 is 38.7. The first-order valence-electron chi connectivity index (χ1n) is 10.3. The van der Waals surface area contributed by atoms with E-state index in [0.29, 0.717) is 30.8 Å². The Bertz CT molecular complexity index is 1180. The molecule has 0 fully saturated rings. The zero-order chi connectivity index (χ0) is 23.8. The van der Waals surface area contributed by atoms with Gasteiger partial charge in [0.25, 0.3) is 5.91 Å². The number of aliphatic hydroxyl groups is 2. The molecule has 0 bridgehead atoms. The second-order valence-electron chi connectivity index (χ2n) is 7.89. The first-order chi connectivity index (χ1) is 15.7. The van der Waals surface area contributed by atoms with Crippen LogP contribution in [0.25, 0.3) is 11.1 Å². The van der Waals surface area contributed by atoms with Gasteiger partial charge in [-0.2, -0.15) is 13.2 Å². The molecular weight excluding hydrogens is 435 g/mol. The Balaban J connectivity index is 1.66. The van der Waals surface area contributed by atoms with E-state index in [4.69, 9.17) is 5.73 Å². The molecule has 0 aliphatic carbocycles. The summed E-state index contributed by atoms with van der Waals surface area (Å²) in [4.78, 5) is 17.7. The Labute approximate surface area is 188 Å². The van der Waals surface area contributed by atoms with Crippen LogP contribution in [0.5, 0.6) is 0 Å². The van der Waals surface area contributed by atoms with Gasteiger partial charge in [-0.25, -0.2) is 4.98 Å². The van der Waals surface area contributed by atoms with E-state index in [2.05, 4.69) is 4.98 Å². The number of primary amides is 1. The number of nitrogens with zero attached hydrogens (tertiary/aromatic N) is 2. The highest BCUT2D eigenvalue weighted by Gasteiger charge is 2.30. The number of carbonyl (C=O) groups is 1. The van der Waals surface area contributed by atoms with Crippen molar-refractivity contribution in [1.82, 2.24) is 4.98 Å². The first-order valence-corrected chi connectivity index (χ1v) is 10.3. The average Bonchev–Trinajstić information content (AvgIpc) is 2.82. The molecule has 0 saturated carbocycles. The molecule has 1 aliphatic heterocycles. The molecule has 9 heteroatoms. The maximum atomic E-state index is 12.9. The summed E-state index contributed by atoms with van der Waals surface area (Å²) in [6.07, 6.45) is -5.00. The molecule has 1 aliphatic rings. The third kappa shape index (κ3) is 4.69. The molecule has 0 unspecified atom stereocenters. The molecule has 1 amide bonds. The maximum absolute atomic E-state index is 12.9. The van der Waals surface area contributed by atoms with E-state index in [1.165, 1.54) is 12.1 Å². The van der Waals surface area contributed by atoms with Crippen molar-refractivity contribution >= 4 is 11.6 Å². The lowest BCUT2D eigenvalue weighted by molar-refractivity contribution is -0.137. The van der Waals surface area contributed by atoms with Crippen molar-refractivity contribution < 1.29 is 28.2 Å². The van der Waals surface area contributed by atoms with Gasteiger partial charge in [-0.15, -0.1) is 0 Å². The monoisotopic (exact) mass is 457 g/mol. The van der Waals surface area contributed by atoms with Gasteiger partial charge >= 0.3 is 6.18 Å². The van der Waals surface area contributed by atoms with Crippen molar-refractivity contribution in [3.8, 4) is 11.1 Å². The fraction of sp³-hybridized carbons (Fsp3) is 0.250. The summed E-state index contributed by atoms with van der Waals surface area (Å²) in [5, 5.41) is 19.3. The number of pyridine rings is 1. The molecule has 6 nitrogen and oxygen atoms in total. The number of benzene rings is 2. The second-order valence-corrected chi connectivity index (χ2v) is 7.89. The summed E-state index contributed by atoms with van der Waals surface area (Å²) in [5.41, 5.74) is 9.10. The van der Waals surface area contributed by atoms with E-state index in [-0.39, 0.29) is 11.4 Å². The molecule has 1 atom stereocenters. The lowest BCUT2D eigenvalue weighted by Crippen LogP contribution is -2.31. The van der Waals surface area contributed by atoms with E-state index < -0.39 is 30.4 Å². The van der Waals surface area contributed by atoms with Gasteiger partial charge in [0, 0.05) is 18.8 Å². The van der Waals surface area contributed by atoms with Crippen LogP contribution in [0.4, 0.5) is 18.9 Å². The number of alkyl halides is 3. The van der Waals surface area contributed by atoms with Crippen LogP contribution in [-0.2, 0) is 19.1 Å². The highest BCUT2D eigenvalue weighted by atomic mass is 19.4. The minimum Gasteiger partial charge on any atom is -0.393 e. The van der Waals surface area contributed by atoms with E-state index in [1.54, 1.807) is 12.1 Å². The Hall–Kier alpha value is -3.43. The predicted octanol–water partition coefficient (Wildman–Crippen LogP) is 3.45. The topological polar surface area (TPSA) is 99.7 Å². The number of nitrogens with two attached hydrogens (primary N) is 1. The molecule has 2 heterocycles.